The van der Waals surface area contributed by atoms with Crippen molar-refractivity contribution in [1.29, 1.82) is 0 Å². The number of nitrogens with one attached hydrogen (secondary N) is 1. The number of hydrogen-bond donors (Lipinski definition) is 1. The predicted octanol–water partition coefficient (Wildman–Crippen LogP) is 3.39. The minimum atomic E-state index is -0.177. The lowest BCUT2D eigenvalue weighted by atomic mass is 10.1. The smallest absolute Gasteiger partial charge is 0.274 e. The molecule has 1 aliphatic rings. The molecular weight excluding hydrogens is 522 g/mol. The number of ketones is 1. The lowest BCUT2D eigenvalue weighted by Gasteiger charge is -2.26. The highest BCUT2D eigenvalue weighted by molar-refractivity contribution is 6.36. The Morgan fingerprint density at radius 1 is 1.21 bits per heavy atom. The van der Waals surface area contributed by atoms with Crippen LogP contribution in [0.3, 0.4) is 0 Å². The van der Waals surface area contributed by atoms with E-state index in [9.17, 15) is 9.59 Å². The number of nitrogens with zero attached hydrogens (tertiary/aromatic N) is 6. The molecule has 12 heteroatoms. The molecule has 39 heavy (non-hydrogen) atoms. The Hall–Kier alpha value is -3.80. The van der Waals surface area contributed by atoms with Gasteiger partial charge in [0.25, 0.3) is 5.56 Å². The molecule has 1 saturated heterocycles. The number of carbonyl (C=O) groups is 1. The SMILES string of the molecule is Cc1cc(Nc2nc3ncc(Oc4ccnc(CC(=O)CCN5CCOCC5)c4)c(Cl)c3n2C)c(=O)n(C)c1. The van der Waals surface area contributed by atoms with Crippen LogP contribution < -0.4 is 15.6 Å². The van der Waals surface area contributed by atoms with Crippen LogP contribution in [0.4, 0.5) is 11.6 Å². The zero-order valence-electron chi connectivity index (χ0n) is 22.1. The van der Waals surface area contributed by atoms with E-state index >= 15 is 0 Å². The highest BCUT2D eigenvalue weighted by Gasteiger charge is 2.18. The molecule has 0 atom stereocenters. The summed E-state index contributed by atoms with van der Waals surface area (Å²) in [6, 6.07) is 5.20. The third-order valence-electron chi connectivity index (χ3n) is 6.58. The van der Waals surface area contributed by atoms with E-state index in [0.717, 1.165) is 25.2 Å². The maximum Gasteiger partial charge on any atom is 0.274 e. The Bertz CT molecular complexity index is 1580. The van der Waals surface area contributed by atoms with Crippen LogP contribution in [0, 0.1) is 6.92 Å². The number of aryl methyl sites for hydroxylation is 3. The molecule has 0 amide bonds. The van der Waals surface area contributed by atoms with Gasteiger partial charge in [0.2, 0.25) is 5.95 Å². The number of imidazole rings is 1. The first-order valence-electron chi connectivity index (χ1n) is 12.7. The summed E-state index contributed by atoms with van der Waals surface area (Å²) in [5, 5.41) is 3.41. The van der Waals surface area contributed by atoms with Gasteiger partial charge in [-0.1, -0.05) is 11.6 Å². The first kappa shape index (κ1) is 26.8. The summed E-state index contributed by atoms with van der Waals surface area (Å²) in [7, 11) is 3.48. The highest BCUT2D eigenvalue weighted by atomic mass is 35.5. The zero-order valence-corrected chi connectivity index (χ0v) is 22.9. The average molecular weight is 552 g/mol. The largest absolute Gasteiger partial charge is 0.454 e. The maximum atomic E-state index is 12.5. The number of halogens is 1. The van der Waals surface area contributed by atoms with Gasteiger partial charge in [-0.2, -0.15) is 4.98 Å². The van der Waals surface area contributed by atoms with E-state index in [1.54, 1.807) is 49.3 Å². The average Bonchev–Trinajstić information content (AvgIpc) is 3.23. The van der Waals surface area contributed by atoms with Gasteiger partial charge in [-0.05, 0) is 24.6 Å². The Labute approximate surface area is 230 Å². The first-order valence-corrected chi connectivity index (χ1v) is 13.1. The van der Waals surface area contributed by atoms with Crippen LogP contribution in [0.5, 0.6) is 11.5 Å². The molecule has 0 spiro atoms. The molecule has 0 aromatic carbocycles. The number of anilines is 2. The van der Waals surface area contributed by atoms with Crippen LogP contribution >= 0.6 is 11.6 Å². The molecule has 4 aromatic rings. The predicted molar refractivity (Wildman–Crippen MR) is 148 cm³/mol. The van der Waals surface area contributed by atoms with Crippen molar-refractivity contribution in [3.8, 4) is 11.5 Å². The zero-order chi connectivity index (χ0) is 27.5. The van der Waals surface area contributed by atoms with Crippen molar-refractivity contribution in [2.45, 2.75) is 19.8 Å². The molecule has 1 aliphatic heterocycles. The van der Waals surface area contributed by atoms with Crippen molar-refractivity contribution in [2.75, 3.05) is 38.2 Å². The van der Waals surface area contributed by atoms with Crippen molar-refractivity contribution in [2.24, 2.45) is 14.1 Å². The van der Waals surface area contributed by atoms with Gasteiger partial charge >= 0.3 is 0 Å². The molecule has 1 fully saturated rings. The third-order valence-corrected chi connectivity index (χ3v) is 6.94. The second kappa shape index (κ2) is 11.5. The van der Waals surface area contributed by atoms with Gasteiger partial charge in [0.05, 0.1) is 25.1 Å². The summed E-state index contributed by atoms with van der Waals surface area (Å²) in [5.74, 6) is 1.36. The number of pyridine rings is 3. The number of hydrogen-bond acceptors (Lipinski definition) is 9. The van der Waals surface area contributed by atoms with Gasteiger partial charge < -0.3 is 23.9 Å². The van der Waals surface area contributed by atoms with E-state index in [-0.39, 0.29) is 17.8 Å². The van der Waals surface area contributed by atoms with E-state index in [1.165, 1.54) is 10.8 Å². The van der Waals surface area contributed by atoms with E-state index in [0.29, 0.717) is 64.6 Å². The minimum Gasteiger partial charge on any atom is -0.454 e. The summed E-state index contributed by atoms with van der Waals surface area (Å²) < 4.78 is 14.6. The van der Waals surface area contributed by atoms with Gasteiger partial charge in [0.1, 0.15) is 27.8 Å². The lowest BCUT2D eigenvalue weighted by Crippen LogP contribution is -2.37. The van der Waals surface area contributed by atoms with Crippen molar-refractivity contribution >= 4 is 40.2 Å². The van der Waals surface area contributed by atoms with E-state index in [2.05, 4.69) is 25.2 Å². The van der Waals surface area contributed by atoms with Crippen molar-refractivity contribution in [1.82, 2.24) is 29.0 Å². The van der Waals surface area contributed by atoms with Crippen LogP contribution in [0.15, 0.2) is 41.6 Å². The van der Waals surface area contributed by atoms with Gasteiger partial charge in [0, 0.05) is 65.0 Å². The number of rotatable bonds is 9. The number of morpholine rings is 1. The Kier molecular flexibility index (Phi) is 7.92. The van der Waals surface area contributed by atoms with Gasteiger partial charge in [0.15, 0.2) is 11.4 Å². The molecule has 0 radical (unpaired) electrons. The Morgan fingerprint density at radius 2 is 2.00 bits per heavy atom. The number of Topliss-reactive ketones (excluding diaryl/α,β-unsaturated/α-hetero) is 1. The van der Waals surface area contributed by atoms with E-state index in [4.69, 9.17) is 21.1 Å². The molecule has 0 bridgehead atoms. The number of fused-ring (bicyclic) bond motifs is 1. The maximum absolute atomic E-state index is 12.5. The van der Waals surface area contributed by atoms with Gasteiger partial charge in [-0.15, -0.1) is 0 Å². The number of ether oxygens (including phenoxy) is 2. The fraction of sp³-hybridized carbons (Fsp3) is 0.370. The van der Waals surface area contributed by atoms with Crippen molar-refractivity contribution in [3.05, 3.63) is 63.4 Å². The van der Waals surface area contributed by atoms with Crippen molar-refractivity contribution in [3.63, 3.8) is 0 Å². The summed E-state index contributed by atoms with van der Waals surface area (Å²) in [6.45, 7) is 5.76. The molecule has 0 aliphatic carbocycles. The van der Waals surface area contributed by atoms with Crippen LogP contribution in [0.1, 0.15) is 17.7 Å². The summed E-state index contributed by atoms with van der Waals surface area (Å²) in [5.41, 5.74) is 2.73. The molecule has 5 rings (SSSR count). The molecular formula is C27H30ClN7O4. The molecule has 5 heterocycles. The standard InChI is InChI=1S/C27H30ClN7O4/c1-17-12-21(26(37)33(2)16-17)31-27-32-25-24(34(27)3)23(28)22(15-30-25)39-20-4-6-29-18(14-20)13-19(36)5-7-35-8-10-38-11-9-35/h4,6,12,14-16H,5,7-11,13H2,1-3H3,(H,30,31,32). The first-order chi connectivity index (χ1) is 18.8. The second-order valence-electron chi connectivity index (χ2n) is 9.58. The Balaban J connectivity index is 1.30. The molecule has 204 valence electrons. The van der Waals surface area contributed by atoms with Crippen LogP contribution in [-0.4, -0.2) is 67.6 Å². The highest BCUT2D eigenvalue weighted by Crippen LogP contribution is 2.35. The van der Waals surface area contributed by atoms with Crippen molar-refractivity contribution < 1.29 is 14.3 Å². The second-order valence-corrected chi connectivity index (χ2v) is 9.96. The topological polar surface area (TPSA) is 116 Å². The quantitative estimate of drug-likeness (QED) is 0.334. The molecule has 11 nitrogen and oxygen atoms in total. The van der Waals surface area contributed by atoms with E-state index in [1.807, 2.05) is 6.92 Å². The lowest BCUT2D eigenvalue weighted by molar-refractivity contribution is -0.119. The Morgan fingerprint density at radius 3 is 2.79 bits per heavy atom. The van der Waals surface area contributed by atoms with Gasteiger partial charge in [-0.3, -0.25) is 19.5 Å². The monoisotopic (exact) mass is 551 g/mol. The normalized spacial score (nSPS) is 14.1. The molecule has 0 saturated carbocycles. The fourth-order valence-electron chi connectivity index (χ4n) is 4.53. The summed E-state index contributed by atoms with van der Waals surface area (Å²) in [6.07, 6.45) is 5.55. The molecule has 4 aromatic heterocycles. The third kappa shape index (κ3) is 6.11. The van der Waals surface area contributed by atoms with Gasteiger partial charge in [-0.25, -0.2) is 4.98 Å². The molecule has 1 N–H and O–H groups in total. The fourth-order valence-corrected chi connectivity index (χ4v) is 4.83. The molecule has 0 unspecified atom stereocenters. The number of aromatic nitrogens is 5. The minimum absolute atomic E-state index is 0.116. The van der Waals surface area contributed by atoms with Crippen LogP contribution in [0.25, 0.3) is 11.2 Å². The number of carbonyl (C=O) groups excluding carboxylic acids is 1. The van der Waals surface area contributed by atoms with Crippen LogP contribution in [-0.2, 0) is 30.0 Å². The van der Waals surface area contributed by atoms with E-state index < -0.39 is 0 Å². The summed E-state index contributed by atoms with van der Waals surface area (Å²) in [4.78, 5) is 40.6. The van der Waals surface area contributed by atoms with Crippen LogP contribution in [0.2, 0.25) is 5.02 Å². The summed E-state index contributed by atoms with van der Waals surface area (Å²) >= 11 is 6.73.